The molecular formula is C19H24N4O. The zero-order valence-electron chi connectivity index (χ0n) is 14.1. The van der Waals surface area contributed by atoms with E-state index < -0.39 is 0 Å². The smallest absolute Gasteiger partial charge is 0.220 e. The minimum Gasteiger partial charge on any atom is -0.371 e. The van der Waals surface area contributed by atoms with Crippen molar-refractivity contribution in [1.29, 1.82) is 0 Å². The Morgan fingerprint density at radius 3 is 3.00 bits per heavy atom. The summed E-state index contributed by atoms with van der Waals surface area (Å²) in [6.45, 7) is 4.97. The summed E-state index contributed by atoms with van der Waals surface area (Å²) in [7, 11) is 0. The Labute approximate surface area is 143 Å². The molecule has 0 spiro atoms. The maximum absolute atomic E-state index is 12.0. The van der Waals surface area contributed by atoms with Crippen LogP contribution in [-0.2, 0) is 11.2 Å². The van der Waals surface area contributed by atoms with E-state index in [1.807, 2.05) is 0 Å². The summed E-state index contributed by atoms with van der Waals surface area (Å²) in [5, 5.41) is 3.07. The Morgan fingerprint density at radius 1 is 1.33 bits per heavy atom. The van der Waals surface area contributed by atoms with Crippen LogP contribution >= 0.6 is 0 Å². The van der Waals surface area contributed by atoms with Gasteiger partial charge in [0.1, 0.15) is 0 Å². The molecule has 0 unspecified atom stereocenters. The first-order valence-corrected chi connectivity index (χ1v) is 8.54. The molecule has 1 aliphatic rings. The second-order valence-corrected chi connectivity index (χ2v) is 6.39. The molecule has 1 N–H and O–H groups in total. The number of aryl methyl sites for hydroxylation is 2. The third kappa shape index (κ3) is 4.31. The Morgan fingerprint density at radius 2 is 2.21 bits per heavy atom. The molecule has 24 heavy (non-hydrogen) atoms. The van der Waals surface area contributed by atoms with E-state index in [1.54, 1.807) is 18.6 Å². The Kier molecular flexibility index (Phi) is 5.41. The van der Waals surface area contributed by atoms with Crippen LogP contribution in [0.1, 0.15) is 24.1 Å². The van der Waals surface area contributed by atoms with Crippen LogP contribution in [-0.4, -0.2) is 35.5 Å². The molecule has 0 bridgehead atoms. The van der Waals surface area contributed by atoms with Gasteiger partial charge < -0.3 is 10.2 Å². The minimum atomic E-state index is 0.0926. The van der Waals surface area contributed by atoms with Gasteiger partial charge in [0.2, 0.25) is 5.91 Å². The molecule has 0 aliphatic carbocycles. The maximum Gasteiger partial charge on any atom is 0.220 e. The van der Waals surface area contributed by atoms with Gasteiger partial charge >= 0.3 is 0 Å². The molecular weight excluding hydrogens is 300 g/mol. The molecule has 1 amide bonds. The highest BCUT2D eigenvalue weighted by atomic mass is 16.1. The monoisotopic (exact) mass is 324 g/mol. The number of nitrogens with zero attached hydrogens (tertiary/aromatic N) is 3. The number of hydrogen-bond donors (Lipinski definition) is 1. The van der Waals surface area contributed by atoms with E-state index in [9.17, 15) is 4.79 Å². The number of nitrogens with one attached hydrogen (secondary N) is 1. The summed E-state index contributed by atoms with van der Waals surface area (Å²) in [5.74, 6) is 0.611. The van der Waals surface area contributed by atoms with E-state index >= 15 is 0 Å². The Balaban J connectivity index is 1.41. The second-order valence-electron chi connectivity index (χ2n) is 6.39. The molecule has 1 saturated heterocycles. The highest BCUT2D eigenvalue weighted by Gasteiger charge is 2.23. The Hall–Kier alpha value is -2.43. The van der Waals surface area contributed by atoms with Crippen LogP contribution < -0.4 is 10.2 Å². The van der Waals surface area contributed by atoms with Crippen LogP contribution in [0.4, 0.5) is 5.69 Å². The van der Waals surface area contributed by atoms with Gasteiger partial charge in [-0.1, -0.05) is 18.2 Å². The second kappa shape index (κ2) is 7.90. The molecule has 126 valence electrons. The van der Waals surface area contributed by atoms with Crippen LogP contribution in [0.5, 0.6) is 0 Å². The number of carbonyl (C=O) groups excluding carboxylic acids is 1. The molecule has 2 aromatic rings. The van der Waals surface area contributed by atoms with Crippen molar-refractivity contribution < 1.29 is 4.79 Å². The predicted octanol–water partition coefficient (Wildman–Crippen LogP) is 2.36. The van der Waals surface area contributed by atoms with Crippen LogP contribution in [0.2, 0.25) is 0 Å². The summed E-state index contributed by atoms with van der Waals surface area (Å²) in [6.07, 6.45) is 7.24. The van der Waals surface area contributed by atoms with Crippen molar-refractivity contribution in [3.8, 4) is 0 Å². The molecule has 1 aliphatic heterocycles. The van der Waals surface area contributed by atoms with Gasteiger partial charge in [-0.15, -0.1) is 0 Å². The lowest BCUT2D eigenvalue weighted by Gasteiger charge is -2.21. The number of amides is 1. The normalized spacial score (nSPS) is 17.0. The van der Waals surface area contributed by atoms with Gasteiger partial charge in [-0.05, 0) is 37.3 Å². The number of rotatable bonds is 6. The van der Waals surface area contributed by atoms with Crippen molar-refractivity contribution in [2.75, 3.05) is 24.5 Å². The van der Waals surface area contributed by atoms with Crippen molar-refractivity contribution in [2.45, 2.75) is 26.2 Å². The van der Waals surface area contributed by atoms with Gasteiger partial charge in [0.15, 0.2) is 0 Å². The van der Waals surface area contributed by atoms with E-state index in [0.29, 0.717) is 18.8 Å². The maximum atomic E-state index is 12.0. The molecule has 2 heterocycles. The van der Waals surface area contributed by atoms with Gasteiger partial charge in [-0.2, -0.15) is 0 Å². The highest BCUT2D eigenvalue weighted by molar-refractivity contribution is 5.76. The first-order valence-electron chi connectivity index (χ1n) is 8.54. The third-order valence-electron chi connectivity index (χ3n) is 4.55. The quantitative estimate of drug-likeness (QED) is 0.886. The molecule has 1 fully saturated rings. The predicted molar refractivity (Wildman–Crippen MR) is 94.9 cm³/mol. The number of benzene rings is 1. The van der Waals surface area contributed by atoms with Crippen molar-refractivity contribution in [3.63, 3.8) is 0 Å². The third-order valence-corrected chi connectivity index (χ3v) is 4.55. The largest absolute Gasteiger partial charge is 0.371 e. The topological polar surface area (TPSA) is 58.1 Å². The first kappa shape index (κ1) is 16.4. The zero-order valence-corrected chi connectivity index (χ0v) is 14.1. The lowest BCUT2D eigenvalue weighted by molar-refractivity contribution is -0.121. The van der Waals surface area contributed by atoms with Crippen LogP contribution in [0.25, 0.3) is 0 Å². The summed E-state index contributed by atoms with van der Waals surface area (Å²) in [4.78, 5) is 22.6. The number of anilines is 1. The van der Waals surface area contributed by atoms with Crippen molar-refractivity contribution in [2.24, 2.45) is 5.92 Å². The summed E-state index contributed by atoms with van der Waals surface area (Å²) in [5.41, 5.74) is 3.49. The summed E-state index contributed by atoms with van der Waals surface area (Å²) in [6, 6.07) is 8.49. The van der Waals surface area contributed by atoms with Gasteiger partial charge in [0, 0.05) is 50.3 Å². The average molecular weight is 324 g/mol. The number of para-hydroxylation sites is 1. The van der Waals surface area contributed by atoms with Gasteiger partial charge in [-0.25, -0.2) is 0 Å². The lowest BCUT2D eigenvalue weighted by Crippen LogP contribution is -2.31. The fraction of sp³-hybridized carbons (Fsp3) is 0.421. The van der Waals surface area contributed by atoms with E-state index in [2.05, 4.69) is 51.4 Å². The summed E-state index contributed by atoms with van der Waals surface area (Å²) >= 11 is 0. The van der Waals surface area contributed by atoms with Crippen molar-refractivity contribution in [3.05, 3.63) is 54.1 Å². The van der Waals surface area contributed by atoms with E-state index in [1.165, 1.54) is 11.3 Å². The van der Waals surface area contributed by atoms with Gasteiger partial charge in [-0.3, -0.25) is 14.8 Å². The molecule has 0 saturated carbocycles. The average Bonchev–Trinajstić information content (AvgIpc) is 3.08. The summed E-state index contributed by atoms with van der Waals surface area (Å²) < 4.78 is 0. The van der Waals surface area contributed by atoms with Crippen LogP contribution in [0, 0.1) is 12.8 Å². The fourth-order valence-electron chi connectivity index (χ4n) is 3.18. The molecule has 5 nitrogen and oxygen atoms in total. The molecule has 1 aromatic carbocycles. The first-order chi connectivity index (χ1) is 11.7. The SMILES string of the molecule is Cc1ccccc1N1CC[C@@H](CNC(=O)CCc2cnccn2)C1. The number of hydrogen-bond acceptors (Lipinski definition) is 4. The van der Waals surface area contributed by atoms with E-state index in [4.69, 9.17) is 0 Å². The van der Waals surface area contributed by atoms with Crippen molar-refractivity contribution >= 4 is 11.6 Å². The van der Waals surface area contributed by atoms with E-state index in [-0.39, 0.29) is 5.91 Å². The number of carbonyl (C=O) groups is 1. The van der Waals surface area contributed by atoms with Gasteiger partial charge in [0.25, 0.3) is 0 Å². The zero-order chi connectivity index (χ0) is 16.8. The highest BCUT2D eigenvalue weighted by Crippen LogP contribution is 2.26. The molecule has 1 atom stereocenters. The van der Waals surface area contributed by atoms with Crippen LogP contribution in [0.3, 0.4) is 0 Å². The molecule has 1 aromatic heterocycles. The fourth-order valence-corrected chi connectivity index (χ4v) is 3.18. The molecule has 3 rings (SSSR count). The molecule has 5 heteroatoms. The van der Waals surface area contributed by atoms with Gasteiger partial charge in [0.05, 0.1) is 5.69 Å². The molecule has 0 radical (unpaired) electrons. The minimum absolute atomic E-state index is 0.0926. The van der Waals surface area contributed by atoms with Crippen LogP contribution in [0.15, 0.2) is 42.9 Å². The van der Waals surface area contributed by atoms with E-state index in [0.717, 1.165) is 31.7 Å². The van der Waals surface area contributed by atoms with Crippen molar-refractivity contribution in [1.82, 2.24) is 15.3 Å². The standard InChI is InChI=1S/C19H24N4O/c1-15-4-2-3-5-18(15)23-11-8-16(14-23)12-22-19(24)7-6-17-13-20-9-10-21-17/h2-5,9-10,13,16H,6-8,11-12,14H2,1H3,(H,22,24)/t16-/m0/s1. The Bertz CT molecular complexity index is 674. The number of aromatic nitrogens is 2. The lowest BCUT2D eigenvalue weighted by atomic mass is 10.1.